The molecule has 0 spiro atoms. The number of anilines is 1. The average Bonchev–Trinajstić information content (AvgIpc) is 2.99. The summed E-state index contributed by atoms with van der Waals surface area (Å²) >= 11 is 0. The van der Waals surface area contributed by atoms with Crippen molar-refractivity contribution in [2.24, 2.45) is 0 Å². The quantitative estimate of drug-likeness (QED) is 0.746. The van der Waals surface area contributed by atoms with Crippen molar-refractivity contribution in [3.8, 4) is 11.9 Å². The topological polar surface area (TPSA) is 84.8 Å². The Labute approximate surface area is 81.5 Å². The minimum atomic E-state index is 0.209. The van der Waals surface area contributed by atoms with Crippen molar-refractivity contribution >= 4 is 5.82 Å². The van der Waals surface area contributed by atoms with Gasteiger partial charge in [-0.15, -0.1) is 0 Å². The Balaban J connectivity index is 2.50. The van der Waals surface area contributed by atoms with Crippen molar-refractivity contribution in [2.45, 2.75) is 18.8 Å². The summed E-state index contributed by atoms with van der Waals surface area (Å²) in [4.78, 5) is 8.23. The monoisotopic (exact) mass is 190 g/mol. The van der Waals surface area contributed by atoms with Crippen LogP contribution < -0.4 is 10.5 Å². The van der Waals surface area contributed by atoms with Gasteiger partial charge in [0.2, 0.25) is 5.88 Å². The lowest BCUT2D eigenvalue weighted by atomic mass is 10.3. The van der Waals surface area contributed by atoms with E-state index in [0.29, 0.717) is 11.7 Å². The van der Waals surface area contributed by atoms with E-state index in [4.69, 9.17) is 15.7 Å². The van der Waals surface area contributed by atoms with E-state index in [2.05, 4.69) is 9.97 Å². The standard InChI is InChI=1S/C9H10N4O/c1-14-9-6(4-10)7(11)12-8(13-9)5-2-3-5/h5H,2-3H2,1H3,(H2,11,12,13). The van der Waals surface area contributed by atoms with Gasteiger partial charge in [-0.3, -0.25) is 0 Å². The first-order valence-electron chi connectivity index (χ1n) is 4.37. The van der Waals surface area contributed by atoms with Crippen LogP contribution in [0.4, 0.5) is 5.82 Å². The Morgan fingerprint density at radius 1 is 1.50 bits per heavy atom. The Kier molecular flexibility index (Phi) is 1.97. The predicted molar refractivity (Wildman–Crippen MR) is 49.7 cm³/mol. The van der Waals surface area contributed by atoms with E-state index < -0.39 is 0 Å². The maximum absolute atomic E-state index is 8.79. The highest BCUT2D eigenvalue weighted by Crippen LogP contribution is 2.39. The minimum absolute atomic E-state index is 0.209. The summed E-state index contributed by atoms with van der Waals surface area (Å²) in [5, 5.41) is 8.79. The van der Waals surface area contributed by atoms with Crippen LogP contribution in [0.15, 0.2) is 0 Å². The number of methoxy groups -OCH3 is 1. The van der Waals surface area contributed by atoms with Gasteiger partial charge >= 0.3 is 0 Å². The lowest BCUT2D eigenvalue weighted by molar-refractivity contribution is 0.393. The number of nitrogens with zero attached hydrogens (tertiary/aromatic N) is 3. The molecule has 0 aliphatic heterocycles. The molecule has 5 heteroatoms. The van der Waals surface area contributed by atoms with Crippen molar-refractivity contribution < 1.29 is 4.74 Å². The van der Waals surface area contributed by atoms with Gasteiger partial charge in [0, 0.05) is 5.92 Å². The molecule has 72 valence electrons. The largest absolute Gasteiger partial charge is 0.480 e. The third-order valence-corrected chi connectivity index (χ3v) is 2.17. The average molecular weight is 190 g/mol. The minimum Gasteiger partial charge on any atom is -0.480 e. The van der Waals surface area contributed by atoms with Crippen LogP contribution in [-0.2, 0) is 0 Å². The molecule has 0 amide bonds. The van der Waals surface area contributed by atoms with E-state index in [9.17, 15) is 0 Å². The lowest BCUT2D eigenvalue weighted by Crippen LogP contribution is -2.04. The van der Waals surface area contributed by atoms with Crippen LogP contribution in [0.5, 0.6) is 5.88 Å². The second kappa shape index (κ2) is 3.14. The molecule has 0 aromatic carbocycles. The third kappa shape index (κ3) is 1.35. The molecule has 0 unspecified atom stereocenters. The summed E-state index contributed by atoms with van der Waals surface area (Å²) in [7, 11) is 1.47. The first-order chi connectivity index (χ1) is 6.76. The summed E-state index contributed by atoms with van der Waals surface area (Å²) in [6.45, 7) is 0. The van der Waals surface area contributed by atoms with Crippen LogP contribution in [-0.4, -0.2) is 17.1 Å². The molecule has 0 atom stereocenters. The number of ether oxygens (including phenoxy) is 1. The number of hydrogen-bond acceptors (Lipinski definition) is 5. The molecular formula is C9H10N4O. The van der Waals surface area contributed by atoms with Crippen molar-refractivity contribution in [1.29, 1.82) is 5.26 Å². The van der Waals surface area contributed by atoms with Crippen LogP contribution >= 0.6 is 0 Å². The molecule has 14 heavy (non-hydrogen) atoms. The molecule has 1 aromatic heterocycles. The first-order valence-corrected chi connectivity index (χ1v) is 4.37. The number of nitriles is 1. The smallest absolute Gasteiger partial charge is 0.237 e. The zero-order chi connectivity index (χ0) is 10.1. The Hall–Kier alpha value is -1.83. The van der Waals surface area contributed by atoms with Crippen molar-refractivity contribution in [3.63, 3.8) is 0 Å². The Bertz CT molecular complexity index is 406. The highest BCUT2D eigenvalue weighted by molar-refractivity contribution is 5.54. The Morgan fingerprint density at radius 3 is 2.71 bits per heavy atom. The molecule has 1 aliphatic carbocycles. The maximum Gasteiger partial charge on any atom is 0.237 e. The summed E-state index contributed by atoms with van der Waals surface area (Å²) in [5.74, 6) is 1.58. The molecule has 0 radical (unpaired) electrons. The third-order valence-electron chi connectivity index (χ3n) is 2.17. The highest BCUT2D eigenvalue weighted by Gasteiger charge is 2.28. The van der Waals surface area contributed by atoms with Crippen LogP contribution in [0, 0.1) is 11.3 Å². The van der Waals surface area contributed by atoms with Gasteiger partial charge in [-0.25, -0.2) is 4.98 Å². The van der Waals surface area contributed by atoms with Crippen molar-refractivity contribution in [3.05, 3.63) is 11.4 Å². The van der Waals surface area contributed by atoms with Gasteiger partial charge in [-0.1, -0.05) is 0 Å². The summed E-state index contributed by atoms with van der Waals surface area (Å²) < 4.78 is 4.98. The zero-order valence-corrected chi connectivity index (χ0v) is 7.82. The second-order valence-electron chi connectivity index (χ2n) is 3.24. The SMILES string of the molecule is COc1nc(C2CC2)nc(N)c1C#N. The fourth-order valence-corrected chi connectivity index (χ4v) is 1.25. The highest BCUT2D eigenvalue weighted by atomic mass is 16.5. The molecular weight excluding hydrogens is 180 g/mol. The van der Waals surface area contributed by atoms with Gasteiger partial charge in [-0.2, -0.15) is 10.2 Å². The van der Waals surface area contributed by atoms with E-state index in [1.54, 1.807) is 0 Å². The zero-order valence-electron chi connectivity index (χ0n) is 7.82. The second-order valence-corrected chi connectivity index (χ2v) is 3.24. The van der Waals surface area contributed by atoms with Crippen molar-refractivity contribution in [1.82, 2.24) is 9.97 Å². The van der Waals surface area contributed by atoms with Gasteiger partial charge < -0.3 is 10.5 Å². The predicted octanol–water partition coefficient (Wildman–Crippen LogP) is 0.816. The molecule has 1 fully saturated rings. The molecule has 2 rings (SSSR count). The van der Waals surface area contributed by atoms with Gasteiger partial charge in [0.25, 0.3) is 0 Å². The molecule has 1 saturated carbocycles. The van der Waals surface area contributed by atoms with Crippen LogP contribution in [0.1, 0.15) is 30.1 Å². The van der Waals surface area contributed by atoms with E-state index >= 15 is 0 Å². The molecule has 2 N–H and O–H groups in total. The molecule has 0 saturated heterocycles. The maximum atomic E-state index is 8.79. The van der Waals surface area contributed by atoms with E-state index in [-0.39, 0.29) is 17.3 Å². The number of nitrogen functional groups attached to an aromatic ring is 1. The van der Waals surface area contributed by atoms with E-state index in [0.717, 1.165) is 12.8 Å². The summed E-state index contributed by atoms with van der Waals surface area (Å²) in [5.41, 5.74) is 5.84. The van der Waals surface area contributed by atoms with Gasteiger partial charge in [-0.05, 0) is 12.8 Å². The van der Waals surface area contributed by atoms with Gasteiger partial charge in [0.1, 0.15) is 17.7 Å². The van der Waals surface area contributed by atoms with Crippen molar-refractivity contribution in [2.75, 3.05) is 12.8 Å². The molecule has 5 nitrogen and oxygen atoms in total. The number of hydrogen-bond donors (Lipinski definition) is 1. The van der Waals surface area contributed by atoms with Crippen LogP contribution in [0.2, 0.25) is 0 Å². The number of aromatic nitrogens is 2. The normalized spacial score (nSPS) is 14.9. The van der Waals surface area contributed by atoms with Crippen LogP contribution in [0.25, 0.3) is 0 Å². The van der Waals surface area contributed by atoms with Gasteiger partial charge in [0.15, 0.2) is 5.56 Å². The van der Waals surface area contributed by atoms with E-state index in [1.165, 1.54) is 7.11 Å². The molecule has 1 aliphatic rings. The first kappa shape index (κ1) is 8.75. The molecule has 0 bridgehead atoms. The summed E-state index contributed by atoms with van der Waals surface area (Å²) in [6.07, 6.45) is 2.18. The Morgan fingerprint density at radius 2 is 2.21 bits per heavy atom. The number of rotatable bonds is 2. The fraction of sp³-hybridized carbons (Fsp3) is 0.444. The van der Waals surface area contributed by atoms with Gasteiger partial charge in [0.05, 0.1) is 7.11 Å². The summed E-state index contributed by atoms with van der Waals surface area (Å²) in [6, 6.07) is 1.93. The van der Waals surface area contributed by atoms with E-state index in [1.807, 2.05) is 6.07 Å². The lowest BCUT2D eigenvalue weighted by Gasteiger charge is -2.05. The number of nitrogens with two attached hydrogens (primary N) is 1. The van der Waals surface area contributed by atoms with Crippen LogP contribution in [0.3, 0.4) is 0 Å². The fourth-order valence-electron chi connectivity index (χ4n) is 1.25. The molecule has 1 heterocycles. The molecule has 1 aromatic rings.